The van der Waals surface area contributed by atoms with Crippen LogP contribution in [-0.4, -0.2) is 24.1 Å². The highest BCUT2D eigenvalue weighted by atomic mass is 19.1. The number of benzene rings is 1. The van der Waals surface area contributed by atoms with E-state index in [0.717, 1.165) is 10.8 Å². The number of alkyl halides is 3. The molecule has 1 N–H and O–H groups in total. The van der Waals surface area contributed by atoms with Crippen molar-refractivity contribution in [2.45, 2.75) is 38.5 Å². The molecule has 5 atom stereocenters. The van der Waals surface area contributed by atoms with Crippen LogP contribution in [0.15, 0.2) is 12.1 Å². The Balaban J connectivity index is 2.32. The fourth-order valence-corrected chi connectivity index (χ4v) is 3.62. The van der Waals surface area contributed by atoms with Crippen LogP contribution >= 0.6 is 0 Å². The summed E-state index contributed by atoms with van der Waals surface area (Å²) in [6.07, 6.45) is 0.177. The molecule has 4 unspecified atom stereocenters. The summed E-state index contributed by atoms with van der Waals surface area (Å²) in [6.45, 7) is 2.42. The predicted molar refractivity (Wildman–Crippen MR) is 76.7 cm³/mol. The summed E-state index contributed by atoms with van der Waals surface area (Å²) in [5.74, 6) is -1.24. The lowest BCUT2D eigenvalue weighted by Gasteiger charge is -2.20. The van der Waals surface area contributed by atoms with Crippen LogP contribution < -0.4 is 10.4 Å². The van der Waals surface area contributed by atoms with Gasteiger partial charge in [-0.1, -0.05) is 18.6 Å². The number of hydrogen-bond donors (Lipinski definition) is 1. The van der Waals surface area contributed by atoms with Crippen LogP contribution in [0.25, 0.3) is 11.6 Å². The minimum absolute atomic E-state index is 0.0240. The Kier molecular flexibility index (Phi) is 3.50. The van der Waals surface area contributed by atoms with E-state index in [0.29, 0.717) is 17.2 Å². The van der Waals surface area contributed by atoms with E-state index >= 15 is 0 Å². The molecule has 0 aromatic heterocycles. The molecular weight excluding hydrogens is 277 g/mol. The van der Waals surface area contributed by atoms with Crippen LogP contribution in [0.5, 0.6) is 5.75 Å². The Morgan fingerprint density at radius 3 is 2.62 bits per heavy atom. The SMILES string of the molecule is CCC1=c2c(C(CF)C(C)F)cc(O)cc2=C[C@H]2C(F)C12. The van der Waals surface area contributed by atoms with Crippen molar-refractivity contribution in [2.75, 3.05) is 6.67 Å². The van der Waals surface area contributed by atoms with Crippen LogP contribution in [0, 0.1) is 11.8 Å². The van der Waals surface area contributed by atoms with E-state index in [2.05, 4.69) is 0 Å². The molecule has 2 aliphatic carbocycles. The van der Waals surface area contributed by atoms with Crippen molar-refractivity contribution in [3.63, 3.8) is 0 Å². The second kappa shape index (κ2) is 5.08. The average molecular weight is 296 g/mol. The van der Waals surface area contributed by atoms with Crippen molar-refractivity contribution in [1.29, 1.82) is 0 Å². The van der Waals surface area contributed by atoms with E-state index in [-0.39, 0.29) is 17.6 Å². The molecule has 0 saturated heterocycles. The first-order chi connectivity index (χ1) is 9.99. The molecule has 1 fully saturated rings. The van der Waals surface area contributed by atoms with Crippen LogP contribution in [0.2, 0.25) is 0 Å². The lowest BCUT2D eigenvalue weighted by Crippen LogP contribution is -2.36. The van der Waals surface area contributed by atoms with Gasteiger partial charge in [0, 0.05) is 17.8 Å². The third kappa shape index (κ3) is 2.16. The molecule has 0 radical (unpaired) electrons. The van der Waals surface area contributed by atoms with E-state index in [1.165, 1.54) is 13.0 Å². The number of halogens is 3. The predicted octanol–water partition coefficient (Wildman–Crippen LogP) is 2.74. The highest BCUT2D eigenvalue weighted by molar-refractivity contribution is 5.65. The van der Waals surface area contributed by atoms with Gasteiger partial charge in [0.05, 0.1) is 6.67 Å². The molecule has 1 saturated carbocycles. The zero-order chi connectivity index (χ0) is 15.3. The van der Waals surface area contributed by atoms with E-state index < -0.39 is 24.9 Å². The van der Waals surface area contributed by atoms with E-state index in [9.17, 15) is 18.3 Å². The second-order valence-corrected chi connectivity index (χ2v) is 6.03. The Hall–Kier alpha value is -1.45. The molecule has 2 aliphatic rings. The fourth-order valence-electron chi connectivity index (χ4n) is 3.62. The van der Waals surface area contributed by atoms with Gasteiger partial charge in [0.1, 0.15) is 18.1 Å². The Labute approximate surface area is 121 Å². The maximum atomic E-state index is 13.9. The number of hydrogen-bond acceptors (Lipinski definition) is 1. The first-order valence-corrected chi connectivity index (χ1v) is 7.41. The molecule has 0 spiro atoms. The van der Waals surface area contributed by atoms with Gasteiger partial charge in [-0.2, -0.15) is 0 Å². The number of fused-ring (bicyclic) bond motifs is 2. The van der Waals surface area contributed by atoms with Gasteiger partial charge in [0.2, 0.25) is 0 Å². The summed E-state index contributed by atoms with van der Waals surface area (Å²) in [5, 5.41) is 11.3. The molecule has 0 aliphatic heterocycles. The van der Waals surface area contributed by atoms with E-state index in [1.807, 2.05) is 6.92 Å². The van der Waals surface area contributed by atoms with Crippen LogP contribution in [0.3, 0.4) is 0 Å². The van der Waals surface area contributed by atoms with Gasteiger partial charge < -0.3 is 5.11 Å². The molecule has 1 aromatic carbocycles. The molecule has 0 bridgehead atoms. The van der Waals surface area contributed by atoms with Gasteiger partial charge in [-0.25, -0.2) is 8.78 Å². The molecule has 21 heavy (non-hydrogen) atoms. The summed E-state index contributed by atoms with van der Waals surface area (Å²) in [5.41, 5.74) is 1.40. The highest BCUT2D eigenvalue weighted by Gasteiger charge is 2.52. The summed E-state index contributed by atoms with van der Waals surface area (Å²) >= 11 is 0. The second-order valence-electron chi connectivity index (χ2n) is 6.03. The lowest BCUT2D eigenvalue weighted by molar-refractivity contribution is 0.263. The van der Waals surface area contributed by atoms with Crippen LogP contribution in [0.4, 0.5) is 13.2 Å². The maximum Gasteiger partial charge on any atom is 0.116 e. The van der Waals surface area contributed by atoms with Crippen LogP contribution in [-0.2, 0) is 0 Å². The molecule has 1 aromatic rings. The monoisotopic (exact) mass is 296 g/mol. The quantitative estimate of drug-likeness (QED) is 0.906. The van der Waals surface area contributed by atoms with Gasteiger partial charge in [-0.05, 0) is 41.5 Å². The number of phenols is 1. The lowest BCUT2D eigenvalue weighted by atomic mass is 9.87. The maximum absolute atomic E-state index is 13.9. The third-order valence-electron chi connectivity index (χ3n) is 4.77. The first kappa shape index (κ1) is 14.5. The van der Waals surface area contributed by atoms with Crippen molar-refractivity contribution >= 4 is 11.6 Å². The molecule has 114 valence electrons. The van der Waals surface area contributed by atoms with Crippen molar-refractivity contribution in [2.24, 2.45) is 11.8 Å². The average Bonchev–Trinajstić information content (AvgIpc) is 3.06. The van der Waals surface area contributed by atoms with Crippen LogP contribution in [0.1, 0.15) is 31.7 Å². The van der Waals surface area contributed by atoms with Gasteiger partial charge in [-0.15, -0.1) is 0 Å². The number of aromatic hydroxyl groups is 1. The highest BCUT2D eigenvalue weighted by Crippen LogP contribution is 2.50. The van der Waals surface area contributed by atoms with E-state index in [4.69, 9.17) is 0 Å². The molecule has 1 nitrogen and oxygen atoms in total. The van der Waals surface area contributed by atoms with Gasteiger partial charge in [0.25, 0.3) is 0 Å². The first-order valence-electron chi connectivity index (χ1n) is 7.41. The van der Waals surface area contributed by atoms with E-state index in [1.54, 1.807) is 12.1 Å². The summed E-state index contributed by atoms with van der Waals surface area (Å²) in [4.78, 5) is 0. The molecule has 0 heterocycles. The Morgan fingerprint density at radius 2 is 2.05 bits per heavy atom. The largest absolute Gasteiger partial charge is 0.508 e. The molecule has 0 amide bonds. The zero-order valence-corrected chi connectivity index (χ0v) is 12.1. The zero-order valence-electron chi connectivity index (χ0n) is 12.1. The van der Waals surface area contributed by atoms with Gasteiger partial charge >= 0.3 is 0 Å². The summed E-state index contributed by atoms with van der Waals surface area (Å²) in [6, 6.07) is 2.99. The third-order valence-corrected chi connectivity index (χ3v) is 4.77. The van der Waals surface area contributed by atoms with Gasteiger partial charge in [0.15, 0.2) is 0 Å². The molecular formula is C17H19F3O. The fraction of sp³-hybridized carbons (Fsp3) is 0.529. The molecule has 3 rings (SSSR count). The summed E-state index contributed by atoms with van der Waals surface area (Å²) < 4.78 is 40.9. The summed E-state index contributed by atoms with van der Waals surface area (Å²) in [7, 11) is 0. The topological polar surface area (TPSA) is 20.2 Å². The number of rotatable bonds is 4. The van der Waals surface area contributed by atoms with Crippen molar-refractivity contribution in [1.82, 2.24) is 0 Å². The number of phenolic OH excluding ortho intramolecular Hbond substituents is 1. The van der Waals surface area contributed by atoms with Crippen molar-refractivity contribution < 1.29 is 18.3 Å². The Bertz CT molecular complexity index is 680. The van der Waals surface area contributed by atoms with Crippen molar-refractivity contribution in [3.8, 4) is 5.75 Å². The molecule has 4 heteroatoms. The normalized spacial score (nSPS) is 29.2. The van der Waals surface area contributed by atoms with Crippen molar-refractivity contribution in [3.05, 3.63) is 28.1 Å². The minimum atomic E-state index is -1.36. The minimum Gasteiger partial charge on any atom is -0.508 e. The standard InChI is InChI=1S/C17H19F3O/c1-3-11-15-9(5-13-16(11)17(13)20)4-10(21)6-12(15)14(7-18)8(2)19/h4-6,8,13-14,16-17,21H,3,7H2,1-2H3/t8?,13-,14?,16?,17?/m1/s1. The smallest absolute Gasteiger partial charge is 0.116 e. The van der Waals surface area contributed by atoms with Gasteiger partial charge in [-0.3, -0.25) is 4.39 Å². The Morgan fingerprint density at radius 1 is 1.33 bits per heavy atom.